The maximum Gasteiger partial charge on any atom is 0.129 e. The summed E-state index contributed by atoms with van der Waals surface area (Å²) in [5.41, 5.74) is 23.7. The van der Waals surface area contributed by atoms with Gasteiger partial charge in [-0.05, 0) is 141 Å². The Morgan fingerprint density at radius 3 is 2.57 bits per heavy atom. The quantitative estimate of drug-likeness (QED) is 0.186. The van der Waals surface area contributed by atoms with Crippen molar-refractivity contribution in [1.29, 1.82) is 0 Å². The van der Waals surface area contributed by atoms with E-state index in [-0.39, 0.29) is 17.5 Å². The number of nitrogens with zero attached hydrogens (tertiary/aromatic N) is 4. The van der Waals surface area contributed by atoms with Gasteiger partial charge in [-0.2, -0.15) is 5.10 Å². The van der Waals surface area contributed by atoms with E-state index in [1.54, 1.807) is 0 Å². The molecule has 0 amide bonds. The van der Waals surface area contributed by atoms with Crippen LogP contribution >= 0.6 is 0 Å². The third-order valence-corrected chi connectivity index (χ3v) is 13.1. The molecule has 4 aromatic rings. The molecule has 3 fully saturated rings. The van der Waals surface area contributed by atoms with Crippen LogP contribution in [-0.2, 0) is 31.2 Å². The molecule has 2 aromatic carbocycles. The minimum atomic E-state index is 0.0129. The molecule has 6 aliphatic rings. The van der Waals surface area contributed by atoms with Gasteiger partial charge in [0, 0.05) is 41.7 Å². The van der Waals surface area contributed by atoms with E-state index in [0.717, 1.165) is 67.5 Å². The van der Waals surface area contributed by atoms with Gasteiger partial charge in [-0.3, -0.25) is 10.4 Å². The number of allylic oxidation sites excluding steroid dienone is 1. The number of aromatic nitrogens is 2. The van der Waals surface area contributed by atoms with Crippen LogP contribution in [0.2, 0.25) is 0 Å². The fourth-order valence-electron chi connectivity index (χ4n) is 10.2. The van der Waals surface area contributed by atoms with Crippen LogP contribution in [0.15, 0.2) is 72.6 Å². The number of fused-ring (bicyclic) bond motifs is 2. The molecule has 51 heavy (non-hydrogen) atoms. The molecule has 1 spiro atoms. The van der Waals surface area contributed by atoms with Crippen molar-refractivity contribution < 1.29 is 0 Å². The number of hydrogen-bond acceptors (Lipinski definition) is 6. The lowest BCUT2D eigenvalue weighted by atomic mass is 9.70. The monoisotopic (exact) mass is 674 g/mol. The molecule has 6 heterocycles. The lowest BCUT2D eigenvalue weighted by molar-refractivity contribution is 0.162. The average molecular weight is 675 g/mol. The van der Waals surface area contributed by atoms with E-state index in [0.29, 0.717) is 6.42 Å². The molecule has 4 aliphatic heterocycles. The number of anilines is 1. The van der Waals surface area contributed by atoms with Gasteiger partial charge < -0.3 is 10.2 Å². The van der Waals surface area contributed by atoms with E-state index in [9.17, 15) is 0 Å². The second-order valence-corrected chi connectivity index (χ2v) is 16.2. The standard InChI is InChI=1S/C45H50N6/c1-25-12-14-36-35(29(25)5)15-17-37(36)48-44-30(6)34(18-19-46-44)20-27(3)40-41-31(7)51-24-32-22-45(51,23-32)43(41)47-38(42(40)39-21-28(4)49-50-39)16-13-33-11-9-8-10-26(33)2/h8-12,14,18-19,27,32,37,49H,4,7,13,15-17,20-24H2,1-3,5-6H3,(H,46,48). The normalized spacial score (nSPS) is 23.1. The molecule has 2 unspecified atom stereocenters. The van der Waals surface area contributed by atoms with Gasteiger partial charge in [0.05, 0.1) is 28.7 Å². The molecule has 1 saturated carbocycles. The molecule has 2 N–H and O–H groups in total. The number of aryl methyl sites for hydroxylation is 4. The Labute approximate surface area is 303 Å². The molecule has 2 atom stereocenters. The highest BCUT2D eigenvalue weighted by Crippen LogP contribution is 2.65. The van der Waals surface area contributed by atoms with Crippen molar-refractivity contribution in [2.75, 3.05) is 11.9 Å². The van der Waals surface area contributed by atoms with Gasteiger partial charge in [-0.1, -0.05) is 56.5 Å². The summed E-state index contributed by atoms with van der Waals surface area (Å²) in [5, 5.41) is 8.78. The highest BCUT2D eigenvalue weighted by molar-refractivity contribution is 6.06. The number of hydrogen-bond donors (Lipinski definition) is 2. The predicted molar refractivity (Wildman–Crippen MR) is 208 cm³/mol. The summed E-state index contributed by atoms with van der Waals surface area (Å²) in [4.78, 5) is 13.2. The van der Waals surface area contributed by atoms with Crippen LogP contribution in [0.3, 0.4) is 0 Å². The number of pyridine rings is 2. The smallest absolute Gasteiger partial charge is 0.129 e. The highest BCUT2D eigenvalue weighted by Gasteiger charge is 2.63. The fraction of sp³-hybridized carbons (Fsp3) is 0.400. The minimum absolute atomic E-state index is 0.0129. The highest BCUT2D eigenvalue weighted by atomic mass is 15.3. The first-order valence-corrected chi connectivity index (χ1v) is 19.0. The number of rotatable bonds is 9. The summed E-state index contributed by atoms with van der Waals surface area (Å²) in [6.07, 6.45) is 10.0. The van der Waals surface area contributed by atoms with Gasteiger partial charge in [0.2, 0.25) is 0 Å². The number of benzene rings is 2. The van der Waals surface area contributed by atoms with Crippen molar-refractivity contribution in [3.63, 3.8) is 0 Å². The molecular formula is C45H50N6. The van der Waals surface area contributed by atoms with Crippen molar-refractivity contribution in [3.8, 4) is 0 Å². The Balaban J connectivity index is 1.12. The van der Waals surface area contributed by atoms with E-state index < -0.39 is 0 Å². The van der Waals surface area contributed by atoms with E-state index in [1.165, 1.54) is 85.4 Å². The minimum Gasteiger partial charge on any atom is -0.363 e. The first-order chi connectivity index (χ1) is 24.6. The van der Waals surface area contributed by atoms with Gasteiger partial charge in [0.15, 0.2) is 0 Å². The van der Waals surface area contributed by atoms with Crippen molar-refractivity contribution in [1.82, 2.24) is 20.3 Å². The summed E-state index contributed by atoms with van der Waals surface area (Å²) >= 11 is 0. The van der Waals surface area contributed by atoms with Crippen LogP contribution < -0.4 is 10.7 Å². The first-order valence-electron chi connectivity index (χ1n) is 19.0. The Hall–Kier alpha value is -4.71. The van der Waals surface area contributed by atoms with Crippen molar-refractivity contribution >= 4 is 17.2 Å². The Bertz CT molecular complexity index is 2170. The van der Waals surface area contributed by atoms with Crippen LogP contribution in [0.5, 0.6) is 0 Å². The molecule has 260 valence electrons. The molecule has 2 aliphatic carbocycles. The zero-order valence-electron chi connectivity index (χ0n) is 30.9. The van der Waals surface area contributed by atoms with Crippen molar-refractivity contribution in [2.45, 2.75) is 103 Å². The van der Waals surface area contributed by atoms with Crippen LogP contribution in [0.25, 0.3) is 5.70 Å². The van der Waals surface area contributed by atoms with Crippen LogP contribution in [-0.4, -0.2) is 27.1 Å². The van der Waals surface area contributed by atoms with Gasteiger partial charge in [0.25, 0.3) is 0 Å². The molecule has 6 heteroatoms. The van der Waals surface area contributed by atoms with Gasteiger partial charge in [-0.15, -0.1) is 0 Å². The number of hydrazone groups is 1. The Kier molecular flexibility index (Phi) is 7.54. The zero-order valence-corrected chi connectivity index (χ0v) is 30.9. The van der Waals surface area contributed by atoms with Crippen LogP contribution in [0.4, 0.5) is 5.82 Å². The third kappa shape index (κ3) is 5.00. The Morgan fingerprint density at radius 1 is 0.961 bits per heavy atom. The summed E-state index contributed by atoms with van der Waals surface area (Å²) in [6.45, 7) is 21.5. The molecule has 2 bridgehead atoms. The topological polar surface area (TPSA) is 65.4 Å². The molecule has 10 rings (SSSR count). The van der Waals surface area contributed by atoms with E-state index >= 15 is 0 Å². The summed E-state index contributed by atoms with van der Waals surface area (Å²) in [5.74, 6) is 1.96. The van der Waals surface area contributed by atoms with E-state index in [1.807, 2.05) is 6.20 Å². The third-order valence-electron chi connectivity index (χ3n) is 13.1. The van der Waals surface area contributed by atoms with Crippen molar-refractivity contribution in [3.05, 3.63) is 140 Å². The summed E-state index contributed by atoms with van der Waals surface area (Å²) in [7, 11) is 0. The molecule has 0 radical (unpaired) electrons. The van der Waals surface area contributed by atoms with Crippen molar-refractivity contribution in [2.24, 2.45) is 11.0 Å². The maximum atomic E-state index is 5.68. The predicted octanol–water partition coefficient (Wildman–Crippen LogP) is 9.06. The lowest BCUT2D eigenvalue weighted by Crippen LogP contribution is -2.38. The summed E-state index contributed by atoms with van der Waals surface area (Å²) < 4.78 is 0. The average Bonchev–Trinajstić information content (AvgIpc) is 3.92. The molecular weight excluding hydrogens is 625 g/mol. The molecule has 6 nitrogen and oxygen atoms in total. The lowest BCUT2D eigenvalue weighted by Gasteiger charge is -2.38. The van der Waals surface area contributed by atoms with Gasteiger partial charge in [-0.25, -0.2) is 4.98 Å². The maximum absolute atomic E-state index is 5.68. The van der Waals surface area contributed by atoms with Crippen LogP contribution in [0, 0.1) is 33.6 Å². The SMILES string of the molecule is C=C1CC(c2c(CCc3ccccc3C)nc3c(c2C(C)Cc2ccnc(NC4CCc5c4ccc(C)c5C)c2C)C(=C)N2CC4CC32C4)=NN1. The zero-order chi connectivity index (χ0) is 35.2. The largest absolute Gasteiger partial charge is 0.363 e. The number of nitrogens with one attached hydrogen (secondary N) is 2. The molecule has 2 saturated heterocycles. The molecule has 2 aromatic heterocycles. The van der Waals surface area contributed by atoms with E-state index in [2.05, 4.69) is 99.3 Å². The fourth-order valence-corrected chi connectivity index (χ4v) is 10.2. The van der Waals surface area contributed by atoms with Gasteiger partial charge >= 0.3 is 0 Å². The van der Waals surface area contributed by atoms with Gasteiger partial charge in [0.1, 0.15) is 5.82 Å². The van der Waals surface area contributed by atoms with E-state index in [4.69, 9.17) is 21.6 Å². The second-order valence-electron chi connectivity index (χ2n) is 16.2. The Morgan fingerprint density at radius 2 is 1.78 bits per heavy atom. The first kappa shape index (κ1) is 32.2. The summed E-state index contributed by atoms with van der Waals surface area (Å²) in [6, 6.07) is 15.9. The second kappa shape index (κ2) is 11.9. The van der Waals surface area contributed by atoms with Crippen LogP contribution in [0.1, 0.15) is 117 Å².